The van der Waals surface area contributed by atoms with E-state index in [2.05, 4.69) is 24.5 Å². The Kier molecular flexibility index (Phi) is 6.57. The molecule has 5 heteroatoms. The number of likely N-dealkylation sites (N-methyl/N-ethyl adjacent to an activating group) is 1. The number of hydrogen-bond donors (Lipinski definition) is 0. The molecule has 1 saturated carbocycles. The smallest absolute Gasteiger partial charge is 0.331 e. The molecule has 1 aromatic carbocycles. The fourth-order valence-corrected chi connectivity index (χ4v) is 3.77. The average Bonchev–Trinajstić information content (AvgIpc) is 3.51. The van der Waals surface area contributed by atoms with Crippen molar-refractivity contribution in [3.8, 4) is 0 Å². The lowest BCUT2D eigenvalue weighted by Gasteiger charge is -2.25. The molecule has 1 aromatic heterocycles. The molecule has 29 heavy (non-hydrogen) atoms. The number of benzene rings is 1. The molecule has 0 spiro atoms. The quantitative estimate of drug-likeness (QED) is 0.485. The van der Waals surface area contributed by atoms with E-state index in [-0.39, 0.29) is 5.91 Å². The van der Waals surface area contributed by atoms with Gasteiger partial charge in [0.2, 0.25) is 6.10 Å². The van der Waals surface area contributed by atoms with Gasteiger partial charge in [0.25, 0.3) is 5.91 Å². The average molecular weight is 395 g/mol. The predicted octanol–water partition coefficient (Wildman–Crippen LogP) is 4.61. The number of amides is 1. The van der Waals surface area contributed by atoms with Gasteiger partial charge in [-0.25, -0.2) is 4.79 Å². The van der Waals surface area contributed by atoms with E-state index in [1.807, 2.05) is 44.2 Å². The number of aryl methyl sites for hydroxylation is 1. The van der Waals surface area contributed by atoms with Crippen molar-refractivity contribution in [1.29, 1.82) is 0 Å². The largest absolute Gasteiger partial charge is 0.444 e. The molecule has 1 heterocycles. The Balaban J connectivity index is 1.77. The highest BCUT2D eigenvalue weighted by molar-refractivity contribution is 5.91. The van der Waals surface area contributed by atoms with E-state index in [1.165, 1.54) is 24.6 Å². The summed E-state index contributed by atoms with van der Waals surface area (Å²) in [4.78, 5) is 27.2. The standard InChI is InChI=1S/C24H30N2O3/c1-5-25(6-2)24(28)23(19-10-8-7-9-11-19)29-22(27)15-12-20-16-17(3)26(18(20)4)21-13-14-21/h7-12,15-16,21,23H,5-6,13-14H2,1-4H3/b15-12+/t23-/m1/s1. The summed E-state index contributed by atoms with van der Waals surface area (Å²) in [7, 11) is 0. The van der Waals surface area contributed by atoms with E-state index < -0.39 is 12.1 Å². The number of ether oxygens (including phenoxy) is 1. The van der Waals surface area contributed by atoms with Crippen molar-refractivity contribution in [3.05, 3.63) is 65.0 Å². The van der Waals surface area contributed by atoms with Crippen LogP contribution in [0, 0.1) is 13.8 Å². The first-order valence-electron chi connectivity index (χ1n) is 10.4. The maximum atomic E-state index is 12.9. The number of carbonyl (C=O) groups excluding carboxylic acids is 2. The van der Waals surface area contributed by atoms with Crippen molar-refractivity contribution in [2.24, 2.45) is 0 Å². The van der Waals surface area contributed by atoms with Gasteiger partial charge in [0.15, 0.2) is 0 Å². The molecule has 154 valence electrons. The Bertz CT molecular complexity index is 890. The van der Waals surface area contributed by atoms with Crippen LogP contribution in [-0.4, -0.2) is 34.4 Å². The zero-order chi connectivity index (χ0) is 21.0. The lowest BCUT2D eigenvalue weighted by molar-refractivity contribution is -0.157. The predicted molar refractivity (Wildman–Crippen MR) is 114 cm³/mol. The highest BCUT2D eigenvalue weighted by Crippen LogP contribution is 2.38. The minimum absolute atomic E-state index is 0.199. The highest BCUT2D eigenvalue weighted by Gasteiger charge is 2.28. The maximum Gasteiger partial charge on any atom is 0.331 e. The normalized spacial score (nSPS) is 14.8. The number of carbonyl (C=O) groups is 2. The molecular formula is C24H30N2O3. The molecule has 1 aliphatic rings. The molecule has 0 radical (unpaired) electrons. The minimum atomic E-state index is -0.938. The number of rotatable bonds is 8. The molecule has 0 saturated heterocycles. The summed E-state index contributed by atoms with van der Waals surface area (Å²) >= 11 is 0. The summed E-state index contributed by atoms with van der Waals surface area (Å²) in [5.74, 6) is -0.717. The second-order valence-electron chi connectivity index (χ2n) is 7.50. The van der Waals surface area contributed by atoms with Gasteiger partial charge >= 0.3 is 5.97 Å². The van der Waals surface area contributed by atoms with Crippen molar-refractivity contribution in [2.75, 3.05) is 13.1 Å². The van der Waals surface area contributed by atoms with E-state index in [0.717, 1.165) is 11.3 Å². The van der Waals surface area contributed by atoms with Gasteiger partial charge in [-0.2, -0.15) is 0 Å². The molecule has 0 bridgehead atoms. The Hall–Kier alpha value is -2.82. The second kappa shape index (κ2) is 9.12. The summed E-state index contributed by atoms with van der Waals surface area (Å²) in [6.07, 6.45) is 4.70. The molecule has 1 amide bonds. The van der Waals surface area contributed by atoms with Gasteiger partial charge in [0.1, 0.15) is 0 Å². The molecule has 0 aliphatic heterocycles. The lowest BCUT2D eigenvalue weighted by atomic mass is 10.1. The summed E-state index contributed by atoms with van der Waals surface area (Å²) in [6, 6.07) is 11.9. The van der Waals surface area contributed by atoms with E-state index in [9.17, 15) is 9.59 Å². The van der Waals surface area contributed by atoms with E-state index in [0.29, 0.717) is 24.7 Å². The minimum Gasteiger partial charge on any atom is -0.444 e. The Morgan fingerprint density at radius 3 is 2.41 bits per heavy atom. The number of aromatic nitrogens is 1. The van der Waals surface area contributed by atoms with Gasteiger partial charge in [-0.3, -0.25) is 4.79 Å². The van der Waals surface area contributed by atoms with Crippen molar-refractivity contribution in [2.45, 2.75) is 52.7 Å². The molecule has 2 aromatic rings. The molecule has 3 rings (SSSR count). The summed E-state index contributed by atoms with van der Waals surface area (Å²) < 4.78 is 7.95. The van der Waals surface area contributed by atoms with E-state index in [4.69, 9.17) is 4.74 Å². The van der Waals surface area contributed by atoms with Crippen molar-refractivity contribution < 1.29 is 14.3 Å². The van der Waals surface area contributed by atoms with Crippen LogP contribution in [0.3, 0.4) is 0 Å². The Morgan fingerprint density at radius 2 is 1.83 bits per heavy atom. The van der Waals surface area contributed by atoms with Gasteiger partial charge in [0.05, 0.1) is 0 Å². The van der Waals surface area contributed by atoms with Crippen molar-refractivity contribution in [3.63, 3.8) is 0 Å². The molecule has 0 N–H and O–H groups in total. The van der Waals surface area contributed by atoms with Crippen LogP contribution in [0.15, 0.2) is 42.5 Å². The summed E-state index contributed by atoms with van der Waals surface area (Å²) in [5.41, 5.74) is 4.06. The van der Waals surface area contributed by atoms with Gasteiger partial charge in [-0.1, -0.05) is 30.3 Å². The Labute approximate surface area is 173 Å². The molecular weight excluding hydrogens is 364 g/mol. The first-order chi connectivity index (χ1) is 14.0. The SMILES string of the molecule is CCN(CC)C(=O)[C@H](OC(=O)/C=C/c1cc(C)n(C2CC2)c1C)c1ccccc1. The summed E-state index contributed by atoms with van der Waals surface area (Å²) in [6.45, 7) is 9.14. The molecule has 1 fully saturated rings. The maximum absolute atomic E-state index is 12.9. The third-order valence-corrected chi connectivity index (χ3v) is 5.47. The van der Waals surface area contributed by atoms with Gasteiger partial charge in [0, 0.05) is 42.2 Å². The van der Waals surface area contributed by atoms with Crippen LogP contribution < -0.4 is 0 Å². The van der Waals surface area contributed by atoms with Crippen molar-refractivity contribution in [1.82, 2.24) is 9.47 Å². The van der Waals surface area contributed by atoms with Crippen LogP contribution in [-0.2, 0) is 14.3 Å². The number of esters is 1. The third-order valence-electron chi connectivity index (χ3n) is 5.47. The van der Waals surface area contributed by atoms with Crippen LogP contribution in [0.1, 0.15) is 61.3 Å². The molecule has 1 aliphatic carbocycles. The van der Waals surface area contributed by atoms with E-state index in [1.54, 1.807) is 11.0 Å². The van der Waals surface area contributed by atoms with Crippen LogP contribution in [0.2, 0.25) is 0 Å². The second-order valence-corrected chi connectivity index (χ2v) is 7.50. The highest BCUT2D eigenvalue weighted by atomic mass is 16.5. The van der Waals surface area contributed by atoms with E-state index >= 15 is 0 Å². The zero-order valence-corrected chi connectivity index (χ0v) is 17.7. The van der Waals surface area contributed by atoms with Crippen molar-refractivity contribution >= 4 is 18.0 Å². The number of hydrogen-bond acceptors (Lipinski definition) is 3. The van der Waals surface area contributed by atoms with Crippen LogP contribution in [0.4, 0.5) is 0 Å². The topological polar surface area (TPSA) is 51.5 Å². The number of nitrogens with zero attached hydrogens (tertiary/aromatic N) is 2. The van der Waals surface area contributed by atoms with Gasteiger partial charge in [-0.15, -0.1) is 0 Å². The first-order valence-corrected chi connectivity index (χ1v) is 10.4. The molecule has 1 atom stereocenters. The van der Waals surface area contributed by atoms with Crippen LogP contribution in [0.25, 0.3) is 6.08 Å². The van der Waals surface area contributed by atoms with Gasteiger partial charge in [-0.05, 0) is 58.2 Å². The van der Waals surface area contributed by atoms with Gasteiger partial charge < -0.3 is 14.2 Å². The lowest BCUT2D eigenvalue weighted by Crippen LogP contribution is -2.36. The third kappa shape index (κ3) is 4.78. The van der Waals surface area contributed by atoms with Crippen LogP contribution >= 0.6 is 0 Å². The monoisotopic (exact) mass is 394 g/mol. The first kappa shape index (κ1) is 20.9. The summed E-state index contributed by atoms with van der Waals surface area (Å²) in [5, 5.41) is 0. The molecule has 0 unspecified atom stereocenters. The fourth-order valence-electron chi connectivity index (χ4n) is 3.77. The molecule has 5 nitrogen and oxygen atoms in total. The fraction of sp³-hybridized carbons (Fsp3) is 0.417. The van der Waals surface area contributed by atoms with Crippen LogP contribution in [0.5, 0.6) is 0 Å². The zero-order valence-electron chi connectivity index (χ0n) is 17.7. The Morgan fingerprint density at radius 1 is 1.17 bits per heavy atom.